The first kappa shape index (κ1) is 72.4. The molecule has 1 unspecified atom stereocenters. The summed E-state index contributed by atoms with van der Waals surface area (Å²) in [6, 6.07) is 0. The predicted octanol–water partition coefficient (Wildman–Crippen LogP) is 23.1. The third-order valence-electron chi connectivity index (χ3n) is 15.9. The van der Waals surface area contributed by atoms with E-state index in [4.69, 9.17) is 14.2 Å². The molecule has 0 aromatic carbocycles. The van der Waals surface area contributed by atoms with E-state index in [9.17, 15) is 14.4 Å². The molecule has 0 aliphatic carbocycles. The van der Waals surface area contributed by atoms with Crippen molar-refractivity contribution in [2.75, 3.05) is 13.2 Å². The van der Waals surface area contributed by atoms with E-state index in [0.717, 1.165) is 57.8 Å². The van der Waals surface area contributed by atoms with Gasteiger partial charge in [-0.25, -0.2) is 0 Å². The van der Waals surface area contributed by atoms with Crippen LogP contribution < -0.4 is 0 Å². The molecule has 0 aromatic heterocycles. The molecule has 0 amide bonds. The van der Waals surface area contributed by atoms with E-state index in [1.807, 2.05) is 0 Å². The molecular weight excluding hydrogens is 913 g/mol. The Kier molecular flexibility index (Phi) is 62.6. The van der Waals surface area contributed by atoms with Gasteiger partial charge in [-0.15, -0.1) is 0 Å². The van der Waals surface area contributed by atoms with E-state index < -0.39 is 6.10 Å². The summed E-state index contributed by atoms with van der Waals surface area (Å²) in [5.74, 6) is -0.835. The molecule has 0 aliphatic rings. The smallest absolute Gasteiger partial charge is 0.306 e. The Balaban J connectivity index is 3.92. The fourth-order valence-electron chi connectivity index (χ4n) is 10.7. The Bertz CT molecular complexity index is 1110. The summed E-state index contributed by atoms with van der Waals surface area (Å²) in [6.45, 7) is 6.69. The van der Waals surface area contributed by atoms with Crippen LogP contribution in [-0.4, -0.2) is 37.2 Å². The van der Waals surface area contributed by atoms with Crippen LogP contribution in [0.4, 0.5) is 0 Å². The van der Waals surface area contributed by atoms with E-state index in [1.54, 1.807) is 0 Å². The molecule has 0 saturated carbocycles. The van der Waals surface area contributed by atoms with Crippen molar-refractivity contribution < 1.29 is 28.6 Å². The second-order valence-electron chi connectivity index (χ2n) is 23.5. The minimum Gasteiger partial charge on any atom is -0.462 e. The molecule has 0 aromatic rings. The standard InChI is InChI=1S/C68H132O6/c1-4-7-10-13-16-19-21-23-25-26-27-28-29-30-31-32-33-34-35-36-37-38-39-40-41-42-44-45-47-49-52-55-58-61-67(70)73-64-65(63-72-66(69)60-57-54-51-18-15-12-9-6-3)74-68(71)62-59-56-53-50-48-46-43-24-22-20-17-14-11-8-5-2/h65H,4-64H2,1-3H3. The largest absolute Gasteiger partial charge is 0.462 e. The normalized spacial score (nSPS) is 11.9. The molecule has 0 radical (unpaired) electrons. The van der Waals surface area contributed by atoms with Crippen LogP contribution in [0.2, 0.25) is 0 Å². The van der Waals surface area contributed by atoms with Crippen LogP contribution >= 0.6 is 0 Å². The monoisotopic (exact) mass is 1050 g/mol. The van der Waals surface area contributed by atoms with Gasteiger partial charge in [-0.1, -0.05) is 361 Å². The highest BCUT2D eigenvalue weighted by atomic mass is 16.6. The molecule has 0 aliphatic heterocycles. The van der Waals surface area contributed by atoms with Gasteiger partial charge in [-0.3, -0.25) is 14.4 Å². The molecule has 0 saturated heterocycles. The number of rotatable bonds is 64. The van der Waals surface area contributed by atoms with E-state index in [2.05, 4.69) is 20.8 Å². The summed E-state index contributed by atoms with van der Waals surface area (Å²) in [6.07, 6.45) is 74.5. The zero-order chi connectivity index (χ0) is 53.6. The van der Waals surface area contributed by atoms with Gasteiger partial charge in [0.15, 0.2) is 6.10 Å². The molecule has 6 nitrogen and oxygen atoms in total. The van der Waals surface area contributed by atoms with Crippen LogP contribution in [0, 0.1) is 0 Å². The summed E-state index contributed by atoms with van der Waals surface area (Å²) in [7, 11) is 0. The van der Waals surface area contributed by atoms with Crippen molar-refractivity contribution in [3.05, 3.63) is 0 Å². The maximum Gasteiger partial charge on any atom is 0.306 e. The number of esters is 3. The van der Waals surface area contributed by atoms with Gasteiger partial charge < -0.3 is 14.2 Å². The second kappa shape index (κ2) is 63.9. The van der Waals surface area contributed by atoms with Gasteiger partial charge >= 0.3 is 17.9 Å². The van der Waals surface area contributed by atoms with Crippen molar-refractivity contribution in [2.45, 2.75) is 406 Å². The Hall–Kier alpha value is -1.59. The summed E-state index contributed by atoms with van der Waals surface area (Å²) < 4.78 is 16.9. The molecule has 74 heavy (non-hydrogen) atoms. The van der Waals surface area contributed by atoms with Crippen LogP contribution in [0.5, 0.6) is 0 Å². The summed E-state index contributed by atoms with van der Waals surface area (Å²) in [4.78, 5) is 38.1. The van der Waals surface area contributed by atoms with Gasteiger partial charge in [0.2, 0.25) is 0 Å². The van der Waals surface area contributed by atoms with Crippen molar-refractivity contribution in [1.82, 2.24) is 0 Å². The molecule has 1 atom stereocenters. The Labute approximate surface area is 463 Å². The lowest BCUT2D eigenvalue weighted by Crippen LogP contribution is -2.30. The highest BCUT2D eigenvalue weighted by Gasteiger charge is 2.19. The SMILES string of the molecule is CCCCCCCCCCCCCCCCCCCCCCCCCCCCCCCCCCCC(=O)OCC(COC(=O)CCCCCCCCCC)OC(=O)CCCCCCCCCCCCCCCCC. The first-order chi connectivity index (χ1) is 36.5. The number of carbonyl (C=O) groups excluding carboxylic acids is 3. The second-order valence-corrected chi connectivity index (χ2v) is 23.5. The van der Waals surface area contributed by atoms with Crippen molar-refractivity contribution in [1.29, 1.82) is 0 Å². The van der Waals surface area contributed by atoms with Crippen LogP contribution in [0.1, 0.15) is 400 Å². The average molecular weight is 1050 g/mol. The van der Waals surface area contributed by atoms with E-state index in [0.29, 0.717) is 19.3 Å². The number of carbonyl (C=O) groups is 3. The number of hydrogen-bond donors (Lipinski definition) is 0. The third kappa shape index (κ3) is 61.3. The molecule has 0 spiro atoms. The van der Waals surface area contributed by atoms with Gasteiger partial charge in [-0.2, -0.15) is 0 Å². The van der Waals surface area contributed by atoms with Crippen LogP contribution in [0.25, 0.3) is 0 Å². The van der Waals surface area contributed by atoms with Gasteiger partial charge in [-0.05, 0) is 19.3 Å². The summed E-state index contributed by atoms with van der Waals surface area (Å²) >= 11 is 0. The topological polar surface area (TPSA) is 78.9 Å². The molecule has 0 heterocycles. The average Bonchev–Trinajstić information content (AvgIpc) is 3.40. The maximum absolute atomic E-state index is 12.8. The first-order valence-corrected chi connectivity index (χ1v) is 34.0. The van der Waals surface area contributed by atoms with Crippen LogP contribution in [0.15, 0.2) is 0 Å². The predicted molar refractivity (Wildman–Crippen MR) is 321 cm³/mol. The number of unbranched alkanes of at least 4 members (excludes halogenated alkanes) is 53. The molecule has 440 valence electrons. The zero-order valence-corrected chi connectivity index (χ0v) is 50.7. The highest BCUT2D eigenvalue weighted by molar-refractivity contribution is 5.71. The van der Waals surface area contributed by atoms with Crippen molar-refractivity contribution in [2.24, 2.45) is 0 Å². The Morgan fingerprint density at radius 2 is 0.365 bits per heavy atom. The van der Waals surface area contributed by atoms with Crippen molar-refractivity contribution in [3.8, 4) is 0 Å². The third-order valence-corrected chi connectivity index (χ3v) is 15.9. The molecular formula is C68H132O6. The van der Waals surface area contributed by atoms with Gasteiger partial charge in [0.1, 0.15) is 13.2 Å². The zero-order valence-electron chi connectivity index (χ0n) is 50.7. The minimum atomic E-state index is -0.761. The van der Waals surface area contributed by atoms with E-state index in [1.165, 1.54) is 302 Å². The fraction of sp³-hybridized carbons (Fsp3) is 0.956. The fourth-order valence-corrected chi connectivity index (χ4v) is 10.7. The van der Waals surface area contributed by atoms with Crippen LogP contribution in [-0.2, 0) is 28.6 Å². The molecule has 6 heteroatoms. The van der Waals surface area contributed by atoms with Crippen molar-refractivity contribution in [3.63, 3.8) is 0 Å². The van der Waals surface area contributed by atoms with Gasteiger partial charge in [0, 0.05) is 19.3 Å². The molecule has 0 rings (SSSR count). The van der Waals surface area contributed by atoms with E-state index >= 15 is 0 Å². The van der Waals surface area contributed by atoms with Crippen LogP contribution in [0.3, 0.4) is 0 Å². The summed E-state index contributed by atoms with van der Waals surface area (Å²) in [5.41, 5.74) is 0. The lowest BCUT2D eigenvalue weighted by molar-refractivity contribution is -0.167. The highest BCUT2D eigenvalue weighted by Crippen LogP contribution is 2.19. The lowest BCUT2D eigenvalue weighted by atomic mass is 10.0. The lowest BCUT2D eigenvalue weighted by Gasteiger charge is -2.18. The summed E-state index contributed by atoms with van der Waals surface area (Å²) in [5, 5.41) is 0. The molecule has 0 fully saturated rings. The van der Waals surface area contributed by atoms with Gasteiger partial charge in [0.05, 0.1) is 0 Å². The Morgan fingerprint density at radius 1 is 0.216 bits per heavy atom. The molecule has 0 bridgehead atoms. The first-order valence-electron chi connectivity index (χ1n) is 34.0. The number of hydrogen-bond acceptors (Lipinski definition) is 6. The maximum atomic E-state index is 12.8. The number of ether oxygens (including phenoxy) is 3. The van der Waals surface area contributed by atoms with Crippen molar-refractivity contribution >= 4 is 17.9 Å². The minimum absolute atomic E-state index is 0.0614. The Morgan fingerprint density at radius 3 is 0.541 bits per heavy atom. The molecule has 0 N–H and O–H groups in total. The van der Waals surface area contributed by atoms with E-state index in [-0.39, 0.29) is 31.1 Å². The van der Waals surface area contributed by atoms with Gasteiger partial charge in [0.25, 0.3) is 0 Å². The quantitative estimate of drug-likeness (QED) is 0.0343.